The van der Waals surface area contributed by atoms with Crippen LogP contribution in [-0.2, 0) is 19.1 Å². The van der Waals surface area contributed by atoms with Crippen LogP contribution in [0.15, 0.2) is 12.1 Å². The molecule has 1 aliphatic heterocycles. The van der Waals surface area contributed by atoms with Crippen molar-refractivity contribution in [2.75, 3.05) is 25.7 Å². The summed E-state index contributed by atoms with van der Waals surface area (Å²) in [6.45, 7) is 4.68. The first kappa shape index (κ1) is 19.3. The van der Waals surface area contributed by atoms with E-state index in [1.54, 1.807) is 21.1 Å². The highest BCUT2D eigenvalue weighted by molar-refractivity contribution is 5.60. The fourth-order valence-corrected chi connectivity index (χ4v) is 3.65. The van der Waals surface area contributed by atoms with Crippen molar-refractivity contribution in [3.63, 3.8) is 0 Å². The quantitative estimate of drug-likeness (QED) is 0.664. The Labute approximate surface area is 165 Å². The molecule has 0 atom stereocenters. The highest BCUT2D eigenvalue weighted by Crippen LogP contribution is 2.36. The van der Waals surface area contributed by atoms with Gasteiger partial charge in [-0.15, -0.1) is 15.3 Å². The average molecular weight is 407 g/mol. The number of aromatic nitrogens is 4. The minimum atomic E-state index is -4.64. The van der Waals surface area contributed by atoms with E-state index < -0.39 is 12.0 Å². The maximum atomic E-state index is 13.3. The number of alkyl halides is 3. The highest BCUT2D eigenvalue weighted by atomic mass is 19.4. The predicted molar refractivity (Wildman–Crippen MR) is 99.6 cm³/mol. The third-order valence-electron chi connectivity index (χ3n) is 5.34. The van der Waals surface area contributed by atoms with E-state index in [1.165, 1.54) is 0 Å². The molecule has 2 aromatic heterocycles. The molecule has 0 saturated carbocycles. The lowest BCUT2D eigenvalue weighted by atomic mass is 9.98. The largest absolute Gasteiger partial charge is 0.493 e. The third kappa shape index (κ3) is 3.12. The van der Waals surface area contributed by atoms with Crippen LogP contribution in [0.5, 0.6) is 11.5 Å². The summed E-state index contributed by atoms with van der Waals surface area (Å²) in [5.41, 5.74) is 3.66. The van der Waals surface area contributed by atoms with Gasteiger partial charge in [-0.25, -0.2) is 0 Å². The molecule has 29 heavy (non-hydrogen) atoms. The van der Waals surface area contributed by atoms with E-state index in [1.807, 2.05) is 24.0 Å². The molecule has 0 saturated heterocycles. The van der Waals surface area contributed by atoms with E-state index in [9.17, 15) is 13.2 Å². The van der Waals surface area contributed by atoms with Crippen LogP contribution in [0.1, 0.15) is 28.1 Å². The average Bonchev–Trinajstić information content (AvgIpc) is 3.13. The molecule has 0 radical (unpaired) electrons. The van der Waals surface area contributed by atoms with Crippen LogP contribution in [0.25, 0.3) is 5.65 Å². The van der Waals surface area contributed by atoms with Gasteiger partial charge in [-0.3, -0.25) is 0 Å². The summed E-state index contributed by atoms with van der Waals surface area (Å²) >= 11 is 0. The van der Waals surface area contributed by atoms with Gasteiger partial charge in [-0.1, -0.05) is 0 Å². The van der Waals surface area contributed by atoms with Crippen LogP contribution in [0.3, 0.4) is 0 Å². The summed E-state index contributed by atoms with van der Waals surface area (Å²) in [4.78, 5) is 1.97. The molecular weight excluding hydrogens is 387 g/mol. The van der Waals surface area contributed by atoms with Crippen molar-refractivity contribution in [3.05, 3.63) is 40.2 Å². The standard InChI is InChI=1S/C19H20F3N5O2/c1-10-11(2)17(25-27-16(10)23-24-18(27)19(20,21)22)26-6-5-12-7-14(28-3)15(29-4)8-13(12)9-26/h7-8H,5-6,9H2,1-4H3. The summed E-state index contributed by atoms with van der Waals surface area (Å²) < 4.78 is 51.5. The van der Waals surface area contributed by atoms with Gasteiger partial charge in [0.2, 0.25) is 0 Å². The van der Waals surface area contributed by atoms with Gasteiger partial charge in [-0.05, 0) is 43.5 Å². The Hall–Kier alpha value is -3.04. The van der Waals surface area contributed by atoms with Gasteiger partial charge in [0, 0.05) is 24.2 Å². The summed E-state index contributed by atoms with van der Waals surface area (Å²) in [5, 5.41) is 11.3. The molecule has 0 aliphatic carbocycles. The fourth-order valence-electron chi connectivity index (χ4n) is 3.65. The van der Waals surface area contributed by atoms with Crippen LogP contribution in [0, 0.1) is 13.8 Å². The number of halogens is 3. The normalized spacial score (nSPS) is 14.2. The summed E-state index contributed by atoms with van der Waals surface area (Å²) in [6.07, 6.45) is -3.92. The van der Waals surface area contributed by atoms with E-state index in [0.29, 0.717) is 42.4 Å². The van der Waals surface area contributed by atoms with Crippen LogP contribution in [0.2, 0.25) is 0 Å². The van der Waals surface area contributed by atoms with E-state index in [2.05, 4.69) is 15.3 Å². The zero-order valence-corrected chi connectivity index (χ0v) is 16.5. The van der Waals surface area contributed by atoms with Crippen molar-refractivity contribution in [3.8, 4) is 11.5 Å². The Morgan fingerprint density at radius 3 is 2.24 bits per heavy atom. The van der Waals surface area contributed by atoms with Crippen molar-refractivity contribution >= 4 is 11.5 Å². The van der Waals surface area contributed by atoms with Gasteiger partial charge in [0.1, 0.15) is 0 Å². The van der Waals surface area contributed by atoms with Gasteiger partial charge in [-0.2, -0.15) is 17.7 Å². The second kappa shape index (κ2) is 6.78. The third-order valence-corrected chi connectivity index (χ3v) is 5.34. The number of methoxy groups -OCH3 is 2. The first-order chi connectivity index (χ1) is 13.7. The molecule has 7 nitrogen and oxygen atoms in total. The number of aryl methyl sites for hydroxylation is 1. The lowest BCUT2D eigenvalue weighted by Crippen LogP contribution is -2.32. The van der Waals surface area contributed by atoms with Gasteiger partial charge >= 0.3 is 6.18 Å². The minimum absolute atomic E-state index is 0.113. The van der Waals surface area contributed by atoms with Crippen LogP contribution < -0.4 is 14.4 Å². The van der Waals surface area contributed by atoms with Crippen molar-refractivity contribution in [1.82, 2.24) is 19.8 Å². The molecule has 3 aromatic rings. The van der Waals surface area contributed by atoms with Crippen LogP contribution in [0.4, 0.5) is 19.0 Å². The first-order valence-electron chi connectivity index (χ1n) is 9.03. The number of anilines is 1. The fraction of sp³-hybridized carbons (Fsp3) is 0.421. The van der Waals surface area contributed by atoms with Gasteiger partial charge in [0.15, 0.2) is 23.0 Å². The number of hydrogen-bond donors (Lipinski definition) is 0. The molecule has 154 valence electrons. The smallest absolute Gasteiger partial charge is 0.453 e. The Morgan fingerprint density at radius 1 is 0.966 bits per heavy atom. The van der Waals surface area contributed by atoms with Gasteiger partial charge in [0.05, 0.1) is 14.2 Å². The zero-order chi connectivity index (χ0) is 20.9. The summed E-state index contributed by atoms with van der Waals surface area (Å²) in [5.74, 6) is 0.634. The molecule has 0 amide bonds. The van der Waals surface area contributed by atoms with E-state index >= 15 is 0 Å². The van der Waals surface area contributed by atoms with E-state index in [-0.39, 0.29) is 5.65 Å². The molecular formula is C19H20F3N5O2. The summed E-state index contributed by atoms with van der Waals surface area (Å²) in [6, 6.07) is 3.85. The lowest BCUT2D eigenvalue weighted by molar-refractivity contribution is -0.146. The lowest BCUT2D eigenvalue weighted by Gasteiger charge is -2.31. The number of rotatable bonds is 3. The minimum Gasteiger partial charge on any atom is -0.493 e. The molecule has 1 aliphatic rings. The van der Waals surface area contributed by atoms with Gasteiger partial charge in [0.25, 0.3) is 5.82 Å². The molecule has 0 bridgehead atoms. The maximum Gasteiger partial charge on any atom is 0.453 e. The maximum absolute atomic E-state index is 13.3. The number of ether oxygens (including phenoxy) is 2. The zero-order valence-electron chi connectivity index (χ0n) is 16.5. The number of nitrogens with zero attached hydrogens (tertiary/aromatic N) is 5. The number of hydrogen-bond acceptors (Lipinski definition) is 6. The van der Waals surface area contributed by atoms with Crippen molar-refractivity contribution < 1.29 is 22.6 Å². The van der Waals surface area contributed by atoms with Crippen LogP contribution >= 0.6 is 0 Å². The van der Waals surface area contributed by atoms with Crippen molar-refractivity contribution in [2.24, 2.45) is 0 Å². The van der Waals surface area contributed by atoms with Crippen molar-refractivity contribution in [1.29, 1.82) is 0 Å². The second-order valence-electron chi connectivity index (χ2n) is 6.98. The molecule has 4 rings (SSSR count). The van der Waals surface area contributed by atoms with Crippen molar-refractivity contribution in [2.45, 2.75) is 33.0 Å². The monoisotopic (exact) mass is 407 g/mol. The molecule has 0 fully saturated rings. The Bertz CT molecular complexity index is 1090. The second-order valence-corrected chi connectivity index (χ2v) is 6.98. The summed E-state index contributed by atoms with van der Waals surface area (Å²) in [7, 11) is 3.15. The molecule has 1 aromatic carbocycles. The Balaban J connectivity index is 1.79. The van der Waals surface area contributed by atoms with Crippen LogP contribution in [-0.4, -0.2) is 40.6 Å². The highest BCUT2D eigenvalue weighted by Gasteiger charge is 2.38. The predicted octanol–water partition coefficient (Wildman–Crippen LogP) is 3.34. The number of fused-ring (bicyclic) bond motifs is 2. The SMILES string of the molecule is COc1cc2c(cc1OC)CN(c1nn3c(C(F)(F)F)nnc3c(C)c1C)CC2. The topological polar surface area (TPSA) is 64.8 Å². The molecule has 10 heteroatoms. The molecule has 0 spiro atoms. The molecule has 0 unspecified atom stereocenters. The Morgan fingerprint density at radius 2 is 1.62 bits per heavy atom. The first-order valence-corrected chi connectivity index (χ1v) is 9.03. The van der Waals surface area contributed by atoms with E-state index in [0.717, 1.165) is 21.2 Å². The van der Waals surface area contributed by atoms with E-state index in [4.69, 9.17) is 9.47 Å². The Kier molecular flexibility index (Phi) is 4.51. The molecule has 3 heterocycles. The van der Waals surface area contributed by atoms with Gasteiger partial charge < -0.3 is 14.4 Å². The number of benzene rings is 1. The molecule has 0 N–H and O–H groups in total.